The fraction of sp³-hybridized carbons (Fsp3) is 0.556. The number of rotatable bonds is 3. The number of aromatic nitrogens is 3. The van der Waals surface area contributed by atoms with Crippen LogP contribution >= 0.6 is 11.3 Å². The molecule has 0 aromatic carbocycles. The molecular weight excluding hydrogens is 338 g/mol. The van der Waals surface area contributed by atoms with E-state index in [0.717, 1.165) is 18.5 Å². The molecule has 2 aromatic rings. The Morgan fingerprint density at radius 2 is 1.72 bits per heavy atom. The van der Waals surface area contributed by atoms with E-state index < -0.39 is 11.6 Å². The van der Waals surface area contributed by atoms with Crippen molar-refractivity contribution in [1.82, 2.24) is 15.0 Å². The minimum atomic E-state index is -1.37. The maximum atomic E-state index is 11.1. The molecule has 1 aliphatic rings. The van der Waals surface area contributed by atoms with E-state index in [0.29, 0.717) is 10.6 Å². The molecule has 0 saturated carbocycles. The Bertz CT molecular complexity index is 789. The van der Waals surface area contributed by atoms with Gasteiger partial charge in [-0.15, -0.1) is 11.3 Å². The lowest BCUT2D eigenvalue weighted by Crippen LogP contribution is -2.32. The standard InChI is InChI=1S/C18H23N3O3S/c1-16(2)6-7-17(3,4)12-11(16)21-15(25-12)18(5,24)10-8-19-13(14(22)23)20-9-10/h8-9,24H,6-7H2,1-5H3,(H,22,23). The molecule has 0 saturated heterocycles. The van der Waals surface area contributed by atoms with Crippen LogP contribution in [-0.4, -0.2) is 31.1 Å². The van der Waals surface area contributed by atoms with Crippen LogP contribution in [0.5, 0.6) is 0 Å². The van der Waals surface area contributed by atoms with Gasteiger partial charge in [0, 0.05) is 33.7 Å². The van der Waals surface area contributed by atoms with Gasteiger partial charge < -0.3 is 10.2 Å². The van der Waals surface area contributed by atoms with E-state index in [4.69, 9.17) is 10.1 Å². The van der Waals surface area contributed by atoms with Gasteiger partial charge in [0.15, 0.2) is 0 Å². The highest BCUT2D eigenvalue weighted by Gasteiger charge is 2.43. The molecule has 134 valence electrons. The molecule has 0 aliphatic heterocycles. The molecule has 0 spiro atoms. The highest BCUT2D eigenvalue weighted by atomic mass is 32.1. The van der Waals surface area contributed by atoms with Crippen molar-refractivity contribution in [2.45, 2.75) is 63.9 Å². The number of aliphatic hydroxyl groups is 1. The Morgan fingerprint density at radius 3 is 2.24 bits per heavy atom. The highest BCUT2D eigenvalue weighted by molar-refractivity contribution is 7.12. The molecule has 3 rings (SSSR count). The van der Waals surface area contributed by atoms with Gasteiger partial charge in [-0.1, -0.05) is 27.7 Å². The molecule has 0 radical (unpaired) electrons. The first-order chi connectivity index (χ1) is 11.4. The zero-order valence-corrected chi connectivity index (χ0v) is 15.9. The third-order valence-electron chi connectivity index (χ3n) is 5.08. The number of nitrogens with zero attached hydrogens (tertiary/aromatic N) is 3. The van der Waals surface area contributed by atoms with Gasteiger partial charge in [0.05, 0.1) is 5.69 Å². The van der Waals surface area contributed by atoms with Crippen molar-refractivity contribution in [3.8, 4) is 0 Å². The maximum Gasteiger partial charge on any atom is 0.373 e. The number of hydrogen-bond donors (Lipinski definition) is 2. The Labute approximate surface area is 151 Å². The van der Waals surface area contributed by atoms with Gasteiger partial charge in [-0.25, -0.2) is 19.7 Å². The number of carboxylic acid groups (broad SMARTS) is 1. The van der Waals surface area contributed by atoms with Gasteiger partial charge in [0.25, 0.3) is 0 Å². The smallest absolute Gasteiger partial charge is 0.373 e. The minimum Gasteiger partial charge on any atom is -0.475 e. The zero-order valence-electron chi connectivity index (χ0n) is 15.1. The molecule has 2 heterocycles. The Hall–Kier alpha value is -1.86. The van der Waals surface area contributed by atoms with Gasteiger partial charge in [-0.05, 0) is 19.8 Å². The molecule has 25 heavy (non-hydrogen) atoms. The average molecular weight is 361 g/mol. The van der Waals surface area contributed by atoms with E-state index in [2.05, 4.69) is 37.7 Å². The fourth-order valence-electron chi connectivity index (χ4n) is 3.12. The summed E-state index contributed by atoms with van der Waals surface area (Å²) in [6, 6.07) is 0. The molecule has 0 fully saturated rings. The monoisotopic (exact) mass is 361 g/mol. The van der Waals surface area contributed by atoms with Crippen LogP contribution in [0.3, 0.4) is 0 Å². The summed E-state index contributed by atoms with van der Waals surface area (Å²) in [5.41, 5.74) is 0.108. The quantitative estimate of drug-likeness (QED) is 0.871. The lowest BCUT2D eigenvalue weighted by molar-refractivity contribution is 0.0680. The fourth-order valence-corrected chi connectivity index (χ4v) is 4.56. The molecule has 0 amide bonds. The van der Waals surface area contributed by atoms with Crippen LogP contribution in [0, 0.1) is 0 Å². The number of fused-ring (bicyclic) bond motifs is 1. The Kier molecular flexibility index (Phi) is 4.00. The van der Waals surface area contributed by atoms with Gasteiger partial charge >= 0.3 is 5.97 Å². The summed E-state index contributed by atoms with van der Waals surface area (Å²) in [6.45, 7) is 10.4. The zero-order chi connectivity index (χ0) is 18.6. The second kappa shape index (κ2) is 5.57. The van der Waals surface area contributed by atoms with Crippen LogP contribution in [0.2, 0.25) is 0 Å². The predicted molar refractivity (Wildman–Crippen MR) is 95.1 cm³/mol. The second-order valence-electron chi connectivity index (χ2n) is 8.14. The summed E-state index contributed by atoms with van der Waals surface area (Å²) in [5, 5.41) is 20.6. The number of aromatic carboxylic acids is 1. The summed E-state index contributed by atoms with van der Waals surface area (Å²) < 4.78 is 0. The molecule has 0 bridgehead atoms. The number of hydrogen-bond acceptors (Lipinski definition) is 6. The summed E-state index contributed by atoms with van der Waals surface area (Å²) in [6.07, 6.45) is 4.84. The van der Waals surface area contributed by atoms with Crippen molar-refractivity contribution >= 4 is 17.3 Å². The van der Waals surface area contributed by atoms with Gasteiger partial charge in [0.2, 0.25) is 5.82 Å². The van der Waals surface area contributed by atoms with Crippen LogP contribution in [0.15, 0.2) is 12.4 Å². The lowest BCUT2D eigenvalue weighted by atomic mass is 9.69. The molecule has 6 nitrogen and oxygen atoms in total. The molecule has 7 heteroatoms. The third-order valence-corrected chi connectivity index (χ3v) is 6.71. The van der Waals surface area contributed by atoms with E-state index >= 15 is 0 Å². The van der Waals surface area contributed by atoms with Crippen molar-refractivity contribution in [3.63, 3.8) is 0 Å². The Balaban J connectivity index is 2.07. The maximum absolute atomic E-state index is 11.1. The minimum absolute atomic E-state index is 0.0283. The largest absolute Gasteiger partial charge is 0.475 e. The van der Waals surface area contributed by atoms with Crippen molar-refractivity contribution < 1.29 is 15.0 Å². The molecule has 2 N–H and O–H groups in total. The van der Waals surface area contributed by atoms with Crippen LogP contribution < -0.4 is 0 Å². The van der Waals surface area contributed by atoms with Crippen LogP contribution in [0.4, 0.5) is 0 Å². The van der Waals surface area contributed by atoms with E-state index in [9.17, 15) is 9.90 Å². The molecule has 1 unspecified atom stereocenters. The van der Waals surface area contributed by atoms with Crippen LogP contribution in [0.1, 0.15) is 79.2 Å². The van der Waals surface area contributed by atoms with Crippen LogP contribution in [-0.2, 0) is 16.4 Å². The van der Waals surface area contributed by atoms with Gasteiger partial charge in [0.1, 0.15) is 10.6 Å². The van der Waals surface area contributed by atoms with Crippen molar-refractivity contribution in [1.29, 1.82) is 0 Å². The van der Waals surface area contributed by atoms with Crippen molar-refractivity contribution in [2.24, 2.45) is 0 Å². The third kappa shape index (κ3) is 2.95. The van der Waals surface area contributed by atoms with E-state index in [1.165, 1.54) is 28.6 Å². The summed E-state index contributed by atoms with van der Waals surface area (Å²) in [5.74, 6) is -1.49. The average Bonchev–Trinajstić information content (AvgIpc) is 3.01. The number of thiazole rings is 1. The topological polar surface area (TPSA) is 96.2 Å². The Morgan fingerprint density at radius 1 is 1.16 bits per heavy atom. The van der Waals surface area contributed by atoms with Gasteiger partial charge in [-0.2, -0.15) is 0 Å². The summed E-state index contributed by atoms with van der Waals surface area (Å²) in [4.78, 5) is 24.6. The van der Waals surface area contributed by atoms with Crippen molar-refractivity contribution in [2.75, 3.05) is 0 Å². The first kappa shape index (κ1) is 17.9. The predicted octanol–water partition coefficient (Wildman–Crippen LogP) is 3.24. The lowest BCUT2D eigenvalue weighted by Gasteiger charge is -2.37. The van der Waals surface area contributed by atoms with Gasteiger partial charge in [-0.3, -0.25) is 0 Å². The SMILES string of the molecule is CC1(C)CCC(C)(C)c2sc(C(C)(O)c3cnc(C(=O)O)nc3)nc21. The highest BCUT2D eigenvalue weighted by Crippen LogP contribution is 2.49. The summed E-state index contributed by atoms with van der Waals surface area (Å²) >= 11 is 1.52. The number of carbonyl (C=O) groups is 1. The second-order valence-corrected chi connectivity index (χ2v) is 9.14. The van der Waals surface area contributed by atoms with E-state index in [1.807, 2.05) is 0 Å². The van der Waals surface area contributed by atoms with E-state index in [-0.39, 0.29) is 16.7 Å². The summed E-state index contributed by atoms with van der Waals surface area (Å²) in [7, 11) is 0. The van der Waals surface area contributed by atoms with Crippen LogP contribution in [0.25, 0.3) is 0 Å². The van der Waals surface area contributed by atoms with Crippen molar-refractivity contribution in [3.05, 3.63) is 39.4 Å². The first-order valence-electron chi connectivity index (χ1n) is 8.25. The molecule has 1 aliphatic carbocycles. The van der Waals surface area contributed by atoms with E-state index in [1.54, 1.807) is 6.92 Å². The molecule has 2 aromatic heterocycles. The normalized spacial score (nSPS) is 20.6. The molecule has 1 atom stereocenters. The number of carboxylic acids is 1. The molecular formula is C18H23N3O3S. The first-order valence-corrected chi connectivity index (χ1v) is 9.07.